The van der Waals surface area contributed by atoms with E-state index in [-0.39, 0.29) is 17.4 Å². The lowest BCUT2D eigenvalue weighted by molar-refractivity contribution is -0.137. The van der Waals surface area contributed by atoms with Crippen LogP contribution in [0.3, 0.4) is 0 Å². The van der Waals surface area contributed by atoms with Crippen LogP contribution in [-0.2, 0) is 6.18 Å². The van der Waals surface area contributed by atoms with E-state index in [9.17, 15) is 22.8 Å². The van der Waals surface area contributed by atoms with Gasteiger partial charge in [0.1, 0.15) is 5.82 Å². The Bertz CT molecular complexity index is 890. The number of pyridine rings is 1. The second-order valence-electron chi connectivity index (χ2n) is 7.37. The number of hydrogen-bond acceptors (Lipinski definition) is 4. The minimum atomic E-state index is -4.42. The SMILES string of the molecule is CCCCNC(=O)c1ccc(N2CCN(C(=O)c3ccc(C(F)(F)F)cc3)CC2)nc1. The van der Waals surface area contributed by atoms with Gasteiger partial charge < -0.3 is 15.1 Å². The van der Waals surface area contributed by atoms with Gasteiger partial charge in [-0.2, -0.15) is 13.2 Å². The number of nitrogens with one attached hydrogen (secondary N) is 1. The number of unbranched alkanes of at least 4 members (excludes halogenated alkanes) is 1. The van der Waals surface area contributed by atoms with Gasteiger partial charge in [0.15, 0.2) is 0 Å². The van der Waals surface area contributed by atoms with Crippen LogP contribution in [-0.4, -0.2) is 54.4 Å². The Morgan fingerprint density at radius 3 is 2.19 bits per heavy atom. The number of carbonyl (C=O) groups is 2. The number of piperazine rings is 1. The van der Waals surface area contributed by atoms with Crippen LogP contribution in [0.2, 0.25) is 0 Å². The van der Waals surface area contributed by atoms with E-state index in [4.69, 9.17) is 0 Å². The Morgan fingerprint density at radius 2 is 1.65 bits per heavy atom. The first-order valence-electron chi connectivity index (χ1n) is 10.3. The first kappa shape index (κ1) is 22.6. The molecular weight excluding hydrogens is 409 g/mol. The molecule has 2 heterocycles. The third kappa shape index (κ3) is 5.74. The van der Waals surface area contributed by atoms with E-state index in [0.717, 1.165) is 25.0 Å². The lowest BCUT2D eigenvalue weighted by atomic mass is 10.1. The first-order chi connectivity index (χ1) is 14.8. The summed E-state index contributed by atoms with van der Waals surface area (Å²) in [6.45, 7) is 4.63. The highest BCUT2D eigenvalue weighted by molar-refractivity contribution is 5.95. The lowest BCUT2D eigenvalue weighted by Gasteiger charge is -2.35. The van der Waals surface area contributed by atoms with Crippen LogP contribution in [0.1, 0.15) is 46.0 Å². The molecule has 2 amide bonds. The standard InChI is InChI=1S/C22H25F3N4O2/c1-2-3-10-26-20(30)17-6-9-19(27-15-17)28-11-13-29(14-12-28)21(31)16-4-7-18(8-5-16)22(23,24)25/h4-9,15H,2-3,10-14H2,1H3,(H,26,30). The van der Waals surface area contributed by atoms with Gasteiger partial charge >= 0.3 is 6.18 Å². The predicted octanol–water partition coefficient (Wildman–Crippen LogP) is 3.59. The van der Waals surface area contributed by atoms with Crippen molar-refractivity contribution < 1.29 is 22.8 Å². The molecule has 1 aliphatic rings. The molecule has 1 aromatic carbocycles. The van der Waals surface area contributed by atoms with Crippen molar-refractivity contribution in [2.45, 2.75) is 25.9 Å². The molecule has 0 radical (unpaired) electrons. The number of anilines is 1. The van der Waals surface area contributed by atoms with Crippen LogP contribution >= 0.6 is 0 Å². The summed E-state index contributed by atoms with van der Waals surface area (Å²) in [5.74, 6) is 0.270. The zero-order valence-electron chi connectivity index (χ0n) is 17.3. The Balaban J connectivity index is 1.54. The van der Waals surface area contributed by atoms with Crippen molar-refractivity contribution in [3.63, 3.8) is 0 Å². The quantitative estimate of drug-likeness (QED) is 0.706. The van der Waals surface area contributed by atoms with E-state index >= 15 is 0 Å². The van der Waals surface area contributed by atoms with Gasteiger partial charge in [-0.25, -0.2) is 4.98 Å². The van der Waals surface area contributed by atoms with Gasteiger partial charge in [-0.05, 0) is 42.8 Å². The zero-order valence-corrected chi connectivity index (χ0v) is 17.3. The van der Waals surface area contributed by atoms with Crippen molar-refractivity contribution in [1.29, 1.82) is 0 Å². The molecule has 3 rings (SSSR count). The number of carbonyl (C=O) groups excluding carboxylic acids is 2. The smallest absolute Gasteiger partial charge is 0.353 e. The van der Waals surface area contributed by atoms with E-state index in [2.05, 4.69) is 17.2 Å². The monoisotopic (exact) mass is 434 g/mol. The Labute approximate surface area is 179 Å². The van der Waals surface area contributed by atoms with Crippen molar-refractivity contribution in [2.24, 2.45) is 0 Å². The summed E-state index contributed by atoms with van der Waals surface area (Å²) < 4.78 is 38.1. The number of hydrogen-bond donors (Lipinski definition) is 1. The number of amides is 2. The maximum Gasteiger partial charge on any atom is 0.416 e. The number of halogens is 3. The molecule has 1 N–H and O–H groups in total. The zero-order chi connectivity index (χ0) is 22.4. The van der Waals surface area contributed by atoms with Crippen LogP contribution in [0.5, 0.6) is 0 Å². The summed E-state index contributed by atoms with van der Waals surface area (Å²) in [4.78, 5) is 32.7. The van der Waals surface area contributed by atoms with Crippen LogP contribution in [0.15, 0.2) is 42.6 Å². The molecule has 1 saturated heterocycles. The minimum Gasteiger partial charge on any atom is -0.353 e. The number of benzene rings is 1. The molecule has 1 aromatic heterocycles. The molecule has 0 unspecified atom stereocenters. The van der Waals surface area contributed by atoms with E-state index in [1.807, 2.05) is 4.90 Å². The fourth-order valence-corrected chi connectivity index (χ4v) is 3.31. The molecule has 0 spiro atoms. The second kappa shape index (κ2) is 9.80. The summed E-state index contributed by atoms with van der Waals surface area (Å²) in [6.07, 6.45) is -0.959. The molecule has 166 valence electrons. The molecular formula is C22H25F3N4O2. The van der Waals surface area contributed by atoms with Gasteiger partial charge in [-0.15, -0.1) is 0 Å². The average molecular weight is 434 g/mol. The first-order valence-corrected chi connectivity index (χ1v) is 10.3. The normalized spacial score (nSPS) is 14.5. The Hall–Kier alpha value is -3.10. The fraction of sp³-hybridized carbons (Fsp3) is 0.409. The summed E-state index contributed by atoms with van der Waals surface area (Å²) >= 11 is 0. The summed E-state index contributed by atoms with van der Waals surface area (Å²) in [6, 6.07) is 7.78. The van der Waals surface area contributed by atoms with E-state index in [1.165, 1.54) is 18.3 Å². The highest BCUT2D eigenvalue weighted by Gasteiger charge is 2.30. The van der Waals surface area contributed by atoms with Gasteiger partial charge in [0.25, 0.3) is 11.8 Å². The molecule has 0 saturated carbocycles. The predicted molar refractivity (Wildman–Crippen MR) is 111 cm³/mol. The maximum atomic E-state index is 12.7. The Kier molecular flexibility index (Phi) is 7.14. The van der Waals surface area contributed by atoms with Crippen molar-refractivity contribution >= 4 is 17.6 Å². The third-order valence-corrected chi connectivity index (χ3v) is 5.18. The number of alkyl halides is 3. The van der Waals surface area contributed by atoms with Gasteiger partial charge in [-0.3, -0.25) is 9.59 Å². The number of aromatic nitrogens is 1. The van der Waals surface area contributed by atoms with Crippen LogP contribution in [0.4, 0.5) is 19.0 Å². The van der Waals surface area contributed by atoms with Gasteiger partial charge in [0.2, 0.25) is 0 Å². The van der Waals surface area contributed by atoms with E-state index in [1.54, 1.807) is 17.0 Å². The fourth-order valence-electron chi connectivity index (χ4n) is 3.31. The molecule has 31 heavy (non-hydrogen) atoms. The molecule has 6 nitrogen and oxygen atoms in total. The molecule has 0 aliphatic carbocycles. The van der Waals surface area contributed by atoms with E-state index < -0.39 is 11.7 Å². The molecule has 1 aliphatic heterocycles. The average Bonchev–Trinajstić information content (AvgIpc) is 2.78. The molecule has 0 bridgehead atoms. The molecule has 9 heteroatoms. The third-order valence-electron chi connectivity index (χ3n) is 5.18. The number of nitrogens with zero attached hydrogens (tertiary/aromatic N) is 3. The van der Waals surface area contributed by atoms with Crippen molar-refractivity contribution in [1.82, 2.24) is 15.2 Å². The maximum absolute atomic E-state index is 12.7. The number of rotatable bonds is 6. The van der Waals surface area contributed by atoms with Gasteiger partial charge in [0.05, 0.1) is 11.1 Å². The second-order valence-corrected chi connectivity index (χ2v) is 7.37. The highest BCUT2D eigenvalue weighted by Crippen LogP contribution is 2.29. The minimum absolute atomic E-state index is 0.153. The summed E-state index contributed by atoms with van der Waals surface area (Å²) in [7, 11) is 0. The molecule has 0 atom stereocenters. The van der Waals surface area contributed by atoms with Crippen molar-refractivity contribution in [2.75, 3.05) is 37.6 Å². The highest BCUT2D eigenvalue weighted by atomic mass is 19.4. The Morgan fingerprint density at radius 1 is 1.00 bits per heavy atom. The van der Waals surface area contributed by atoms with Gasteiger partial charge in [0, 0.05) is 44.5 Å². The summed E-state index contributed by atoms with van der Waals surface area (Å²) in [5, 5.41) is 2.85. The molecule has 1 fully saturated rings. The lowest BCUT2D eigenvalue weighted by Crippen LogP contribution is -2.49. The molecule has 2 aromatic rings. The topological polar surface area (TPSA) is 65.5 Å². The van der Waals surface area contributed by atoms with E-state index in [0.29, 0.717) is 44.1 Å². The van der Waals surface area contributed by atoms with Gasteiger partial charge in [-0.1, -0.05) is 13.3 Å². The van der Waals surface area contributed by atoms with Crippen LogP contribution in [0.25, 0.3) is 0 Å². The van der Waals surface area contributed by atoms with Crippen molar-refractivity contribution in [3.8, 4) is 0 Å². The largest absolute Gasteiger partial charge is 0.416 e. The van der Waals surface area contributed by atoms with Crippen LogP contribution in [0, 0.1) is 0 Å². The van der Waals surface area contributed by atoms with Crippen molar-refractivity contribution in [3.05, 3.63) is 59.3 Å². The van der Waals surface area contributed by atoms with Crippen LogP contribution < -0.4 is 10.2 Å². The summed E-state index contributed by atoms with van der Waals surface area (Å²) in [5.41, 5.74) is -0.0450.